The van der Waals surface area contributed by atoms with Crippen molar-refractivity contribution in [2.45, 2.75) is 23.9 Å². The summed E-state index contributed by atoms with van der Waals surface area (Å²) in [6.07, 6.45) is 0.127. The van der Waals surface area contributed by atoms with Gasteiger partial charge in [0.05, 0.1) is 13.2 Å². The van der Waals surface area contributed by atoms with Gasteiger partial charge in [-0.15, -0.1) is 0 Å². The van der Waals surface area contributed by atoms with Crippen LogP contribution in [0.4, 0.5) is 5.69 Å². The Hall–Kier alpha value is -2.79. The van der Waals surface area contributed by atoms with Crippen molar-refractivity contribution in [1.29, 1.82) is 0 Å². The second-order valence-electron chi connectivity index (χ2n) is 6.84. The number of aliphatic hydroxyl groups excluding tert-OH is 1. The van der Waals surface area contributed by atoms with E-state index in [0.29, 0.717) is 17.7 Å². The van der Waals surface area contributed by atoms with E-state index in [0.717, 1.165) is 17.5 Å². The molecule has 5 nitrogen and oxygen atoms in total. The van der Waals surface area contributed by atoms with Crippen molar-refractivity contribution in [1.82, 2.24) is 0 Å². The lowest BCUT2D eigenvalue weighted by Gasteiger charge is -2.39. The minimum Gasteiger partial charge on any atom is -0.468 e. The normalized spacial score (nSPS) is 29.3. The van der Waals surface area contributed by atoms with Gasteiger partial charge in [-0.3, -0.25) is 4.79 Å². The monoisotopic (exact) mass is 350 g/mol. The lowest BCUT2D eigenvalue weighted by Crippen LogP contribution is -2.73. The number of carbonyl (C=O) groups is 2. The van der Waals surface area contributed by atoms with Crippen LogP contribution in [0, 0.1) is 5.92 Å². The lowest BCUT2D eigenvalue weighted by molar-refractivity contribution is -0.355. The molecule has 0 radical (unpaired) electrons. The summed E-state index contributed by atoms with van der Waals surface area (Å²) < 4.78 is 5.08. The minimum absolute atomic E-state index is 0.275. The van der Waals surface area contributed by atoms with Crippen LogP contribution in [0.3, 0.4) is 0 Å². The third kappa shape index (κ3) is 2.17. The van der Waals surface area contributed by atoms with E-state index in [-0.39, 0.29) is 5.92 Å². The van der Waals surface area contributed by atoms with Gasteiger partial charge in [0.1, 0.15) is 12.2 Å². The average Bonchev–Trinajstić information content (AvgIpc) is 3.03. The smallest absolute Gasteiger partial charge is 0.319 e. The fraction of sp³-hybridized carbons (Fsp3) is 0.286. The summed E-state index contributed by atoms with van der Waals surface area (Å²) in [5.41, 5.74) is 1.66. The van der Waals surface area contributed by atoms with Crippen molar-refractivity contribution in [2.24, 2.45) is 5.92 Å². The van der Waals surface area contributed by atoms with E-state index >= 15 is 0 Å². The molecule has 26 heavy (non-hydrogen) atoms. The molecule has 1 aliphatic heterocycles. The van der Waals surface area contributed by atoms with Crippen molar-refractivity contribution >= 4 is 23.7 Å². The van der Waals surface area contributed by atoms with Crippen LogP contribution >= 0.6 is 0 Å². The molecule has 4 unspecified atom stereocenters. The van der Waals surface area contributed by atoms with E-state index in [1.54, 1.807) is 0 Å². The minimum atomic E-state index is -1.24. The van der Waals surface area contributed by atoms with Gasteiger partial charge in [0, 0.05) is 17.5 Å². The lowest BCUT2D eigenvalue weighted by atomic mass is 9.59. The summed E-state index contributed by atoms with van der Waals surface area (Å²) in [7, 11) is 1.35. The second-order valence-corrected chi connectivity index (χ2v) is 6.84. The Morgan fingerprint density at radius 2 is 1.88 bits per heavy atom. The fourth-order valence-electron chi connectivity index (χ4n) is 4.45. The van der Waals surface area contributed by atoms with Gasteiger partial charge < -0.3 is 14.6 Å². The molecule has 4 atom stereocenters. The number of esters is 1. The summed E-state index contributed by atoms with van der Waals surface area (Å²) >= 11 is 0. The standard InChI is InChI=1S/C21H19NO4/c1-26-20(25)18-14(13-7-3-2-4-8-13)11-17(24)21(12-23)15-9-5-6-10-16(15)22-19(18)21/h2-10,12,14,17-18,24H,11H2,1H3/p+1. The van der Waals surface area contributed by atoms with Crippen molar-refractivity contribution < 1.29 is 24.4 Å². The summed E-state index contributed by atoms with van der Waals surface area (Å²) in [5.74, 6) is -1.35. The van der Waals surface area contributed by atoms with Gasteiger partial charge in [0.2, 0.25) is 5.69 Å². The second kappa shape index (κ2) is 6.18. The molecule has 1 aliphatic carbocycles. The van der Waals surface area contributed by atoms with E-state index in [1.165, 1.54) is 7.11 Å². The Kier molecular flexibility index (Phi) is 3.96. The van der Waals surface area contributed by atoms with Gasteiger partial charge in [-0.25, -0.2) is 4.99 Å². The molecular weight excluding hydrogens is 330 g/mol. The number of hydrogen-bond acceptors (Lipinski definition) is 4. The molecule has 0 saturated heterocycles. The molecular formula is C21H20NO4+. The number of carbonyl (C=O) groups excluding carboxylic acids is 2. The summed E-state index contributed by atoms with van der Waals surface area (Å²) in [5, 5.41) is 11.0. The highest BCUT2D eigenvalue weighted by Crippen LogP contribution is 2.47. The third-order valence-electron chi connectivity index (χ3n) is 5.67. The molecule has 132 valence electrons. The maximum absolute atomic E-state index is 12.7. The number of benzene rings is 2. The molecule has 1 fully saturated rings. The Morgan fingerprint density at radius 1 is 1.19 bits per heavy atom. The molecule has 2 aliphatic rings. The Morgan fingerprint density at radius 3 is 2.58 bits per heavy atom. The van der Waals surface area contributed by atoms with Gasteiger partial charge in [-0.2, -0.15) is 0 Å². The first-order valence-electron chi connectivity index (χ1n) is 8.64. The number of fused-ring (bicyclic) bond motifs is 3. The first-order chi connectivity index (χ1) is 12.6. The third-order valence-corrected chi connectivity index (χ3v) is 5.67. The molecule has 2 N–H and O–H groups in total. The number of aliphatic hydroxyl groups is 1. The van der Waals surface area contributed by atoms with Crippen LogP contribution in [0.25, 0.3) is 0 Å². The highest BCUT2D eigenvalue weighted by Gasteiger charge is 2.63. The summed E-state index contributed by atoms with van der Waals surface area (Å²) in [4.78, 5) is 28.2. The molecule has 2 aromatic rings. The molecule has 5 heteroatoms. The van der Waals surface area contributed by atoms with E-state index in [9.17, 15) is 14.7 Å². The highest BCUT2D eigenvalue weighted by molar-refractivity contribution is 6.16. The van der Waals surface area contributed by atoms with Gasteiger partial charge >= 0.3 is 5.97 Å². The topological polar surface area (TPSA) is 77.6 Å². The van der Waals surface area contributed by atoms with Crippen LogP contribution in [0.2, 0.25) is 0 Å². The van der Waals surface area contributed by atoms with Gasteiger partial charge in [-0.1, -0.05) is 48.5 Å². The van der Waals surface area contributed by atoms with E-state index < -0.39 is 23.4 Å². The Labute approximate surface area is 151 Å². The van der Waals surface area contributed by atoms with Crippen LogP contribution in [0.15, 0.2) is 54.6 Å². The predicted octanol–water partition coefficient (Wildman–Crippen LogP) is 0.628. The molecule has 0 bridgehead atoms. The first kappa shape index (κ1) is 16.7. The van der Waals surface area contributed by atoms with Crippen LogP contribution in [-0.4, -0.2) is 36.3 Å². The number of para-hydroxylation sites is 1. The van der Waals surface area contributed by atoms with Gasteiger partial charge in [0.15, 0.2) is 11.1 Å². The Bertz CT molecular complexity index is 892. The van der Waals surface area contributed by atoms with Crippen molar-refractivity contribution in [3.8, 4) is 0 Å². The van der Waals surface area contributed by atoms with Crippen LogP contribution in [0.1, 0.15) is 23.5 Å². The average molecular weight is 350 g/mol. The van der Waals surface area contributed by atoms with Crippen molar-refractivity contribution in [3.05, 3.63) is 65.7 Å². The molecule has 0 amide bonds. The number of hydrogen-bond donors (Lipinski definition) is 2. The number of ether oxygens (including phenoxy) is 1. The van der Waals surface area contributed by atoms with Gasteiger partial charge in [0.25, 0.3) is 0 Å². The van der Waals surface area contributed by atoms with E-state index in [4.69, 9.17) is 4.74 Å². The van der Waals surface area contributed by atoms with Crippen molar-refractivity contribution in [3.63, 3.8) is 0 Å². The zero-order valence-electron chi connectivity index (χ0n) is 14.4. The van der Waals surface area contributed by atoms with Crippen molar-refractivity contribution in [2.75, 3.05) is 7.11 Å². The number of aldehydes is 1. The maximum Gasteiger partial charge on any atom is 0.319 e. The first-order valence-corrected chi connectivity index (χ1v) is 8.64. The van der Waals surface area contributed by atoms with Crippen LogP contribution in [-0.2, 0) is 19.7 Å². The molecule has 1 saturated carbocycles. The molecule has 0 spiro atoms. The molecule has 4 rings (SSSR count). The number of rotatable bonds is 3. The van der Waals surface area contributed by atoms with E-state index in [2.05, 4.69) is 4.99 Å². The van der Waals surface area contributed by atoms with Crippen LogP contribution < -0.4 is 4.99 Å². The van der Waals surface area contributed by atoms with E-state index in [1.807, 2.05) is 54.6 Å². The zero-order valence-corrected chi connectivity index (χ0v) is 14.4. The maximum atomic E-state index is 12.7. The highest BCUT2D eigenvalue weighted by atomic mass is 16.5. The number of methoxy groups -OCH3 is 1. The number of nitrogens with one attached hydrogen (secondary N) is 1. The summed E-state index contributed by atoms with van der Waals surface area (Å²) in [6, 6.07) is 16.9. The SMILES string of the molecule is COC(=O)C1C2=[NH+]c3ccccc3C2(C=O)C(O)CC1c1ccccc1. The largest absolute Gasteiger partial charge is 0.468 e. The summed E-state index contributed by atoms with van der Waals surface area (Å²) in [6.45, 7) is 0. The quantitative estimate of drug-likeness (QED) is 0.629. The molecule has 2 aromatic carbocycles. The molecule has 0 aromatic heterocycles. The molecule has 1 heterocycles. The van der Waals surface area contributed by atoms with Gasteiger partial charge in [-0.05, 0) is 12.0 Å². The fourth-order valence-corrected chi connectivity index (χ4v) is 4.45. The Balaban J connectivity index is 1.92. The predicted molar refractivity (Wildman–Crippen MR) is 95.1 cm³/mol. The zero-order chi connectivity index (χ0) is 18.3. The van der Waals surface area contributed by atoms with Crippen LogP contribution in [0.5, 0.6) is 0 Å².